The molecule has 9 heteroatoms. The van der Waals surface area contributed by atoms with Crippen molar-refractivity contribution in [3.63, 3.8) is 0 Å². The van der Waals surface area contributed by atoms with Gasteiger partial charge in [0.05, 0.1) is 21.8 Å². The number of alkyl halides is 3. The third-order valence-corrected chi connectivity index (χ3v) is 9.39. The van der Waals surface area contributed by atoms with Crippen molar-refractivity contribution >= 4 is 27.3 Å². The third kappa shape index (κ3) is 3.46. The molecule has 4 bridgehead atoms. The lowest BCUT2D eigenvalue weighted by Crippen LogP contribution is -2.50. The zero-order valence-corrected chi connectivity index (χ0v) is 20.0. The average molecular weight is 489 g/mol. The molecular formula is C25H27F3N4OS. The number of fused-ring (bicyclic) bond motifs is 1. The van der Waals surface area contributed by atoms with Crippen LogP contribution in [0.4, 0.5) is 13.2 Å². The number of hydrogen-bond acceptors (Lipinski definition) is 4. The molecule has 5 nitrogen and oxygen atoms in total. The van der Waals surface area contributed by atoms with Gasteiger partial charge in [-0.25, -0.2) is 4.98 Å². The lowest BCUT2D eigenvalue weighted by molar-refractivity contribution is -0.141. The van der Waals surface area contributed by atoms with Gasteiger partial charge in [-0.1, -0.05) is 23.5 Å². The highest BCUT2D eigenvalue weighted by Gasteiger charge is 2.53. The molecule has 4 fully saturated rings. The fourth-order valence-corrected chi connectivity index (χ4v) is 8.18. The van der Waals surface area contributed by atoms with E-state index in [2.05, 4.69) is 10.1 Å². The number of aromatic amines is 1. The molecule has 0 spiro atoms. The predicted molar refractivity (Wildman–Crippen MR) is 127 cm³/mol. The van der Waals surface area contributed by atoms with Crippen LogP contribution in [-0.2, 0) is 6.18 Å². The van der Waals surface area contributed by atoms with Gasteiger partial charge in [0.1, 0.15) is 0 Å². The molecule has 180 valence electrons. The van der Waals surface area contributed by atoms with Crippen LogP contribution >= 0.6 is 11.3 Å². The molecule has 0 aliphatic heterocycles. The summed E-state index contributed by atoms with van der Waals surface area (Å²) >= 11 is 1.17. The molecule has 1 atom stereocenters. The number of aliphatic imine (C=N–C) groups is 1. The Bertz CT molecular complexity index is 1280. The van der Waals surface area contributed by atoms with Crippen LogP contribution in [0.5, 0.6) is 0 Å². The van der Waals surface area contributed by atoms with Gasteiger partial charge in [0.25, 0.3) is 5.56 Å². The van der Waals surface area contributed by atoms with Crippen molar-refractivity contribution in [3.8, 4) is 5.13 Å². The number of aromatic nitrogens is 3. The van der Waals surface area contributed by atoms with Crippen molar-refractivity contribution in [2.75, 3.05) is 0 Å². The number of thiazole rings is 1. The first-order valence-electron chi connectivity index (χ1n) is 12.0. The summed E-state index contributed by atoms with van der Waals surface area (Å²) in [5.41, 5.74) is -1.38. The molecule has 7 rings (SSSR count). The molecule has 2 heterocycles. The summed E-state index contributed by atoms with van der Waals surface area (Å²) < 4.78 is 43.8. The number of benzene rings is 1. The first kappa shape index (κ1) is 22.1. The fraction of sp³-hybridized carbons (Fsp3) is 0.560. The molecule has 3 aromatic rings. The molecule has 1 N–H and O–H groups in total. The number of H-pyrrole nitrogens is 1. The number of para-hydroxylation sites is 1. The lowest BCUT2D eigenvalue weighted by Gasteiger charge is -2.58. The van der Waals surface area contributed by atoms with E-state index in [9.17, 15) is 18.0 Å². The normalized spacial score (nSPS) is 29.8. The van der Waals surface area contributed by atoms with Crippen LogP contribution in [0.3, 0.4) is 0 Å². The lowest BCUT2D eigenvalue weighted by atomic mass is 9.48. The van der Waals surface area contributed by atoms with Gasteiger partial charge < -0.3 is 0 Å². The molecular weight excluding hydrogens is 461 g/mol. The number of hydrogen-bond donors (Lipinski definition) is 1. The molecule has 2 aromatic heterocycles. The van der Waals surface area contributed by atoms with Gasteiger partial charge in [0.15, 0.2) is 5.69 Å². The molecule has 1 aromatic carbocycles. The standard InChI is InChI=1S/C25H27F3N4OS/c1-13(29-14(2)24-10-15-7-16(11-24)9-17(8-15)12-24)20-21(25(26,27)28)31-32(22(20)33)23-30-18-5-3-4-6-19(18)34-23/h3-6,14-17,31H,7-12H2,1-2H3. The van der Waals surface area contributed by atoms with Crippen molar-refractivity contribution in [1.29, 1.82) is 0 Å². The monoisotopic (exact) mass is 488 g/mol. The Morgan fingerprint density at radius 2 is 1.79 bits per heavy atom. The Balaban J connectivity index is 1.41. The van der Waals surface area contributed by atoms with Crippen LogP contribution in [-0.4, -0.2) is 26.5 Å². The van der Waals surface area contributed by atoms with E-state index < -0.39 is 23.0 Å². The van der Waals surface area contributed by atoms with E-state index in [4.69, 9.17) is 4.99 Å². The van der Waals surface area contributed by atoms with E-state index in [1.54, 1.807) is 19.1 Å². The molecule has 34 heavy (non-hydrogen) atoms. The molecule has 4 aliphatic carbocycles. The zero-order chi connectivity index (χ0) is 23.8. The molecule has 1 unspecified atom stereocenters. The minimum absolute atomic E-state index is 0.0523. The Labute approximate surface area is 199 Å². The van der Waals surface area contributed by atoms with E-state index in [0.29, 0.717) is 5.52 Å². The van der Waals surface area contributed by atoms with Gasteiger partial charge in [-0.2, -0.15) is 17.9 Å². The van der Waals surface area contributed by atoms with Gasteiger partial charge in [-0.15, -0.1) is 0 Å². The minimum Gasteiger partial charge on any atom is -0.286 e. The quantitative estimate of drug-likeness (QED) is 0.444. The second kappa shape index (κ2) is 7.54. The Hall–Kier alpha value is -2.42. The van der Waals surface area contributed by atoms with E-state index in [0.717, 1.165) is 46.4 Å². The van der Waals surface area contributed by atoms with E-state index in [1.807, 2.05) is 19.1 Å². The number of nitrogens with one attached hydrogen (secondary N) is 1. The maximum absolute atomic E-state index is 14.0. The SMILES string of the molecule is CC(=NC(C)C12CC3CC(CC(C3)C1)C2)c1c(C(F)(F)F)[nH]n(-c2nc3ccccc3s2)c1=O. The van der Waals surface area contributed by atoms with Gasteiger partial charge in [-0.3, -0.25) is 14.9 Å². The topological polar surface area (TPSA) is 63.0 Å². The van der Waals surface area contributed by atoms with Crippen LogP contribution < -0.4 is 5.56 Å². The zero-order valence-electron chi connectivity index (χ0n) is 19.2. The van der Waals surface area contributed by atoms with Gasteiger partial charge in [-0.05, 0) is 87.7 Å². The second-order valence-electron chi connectivity index (χ2n) is 10.6. The van der Waals surface area contributed by atoms with Crippen molar-refractivity contribution in [2.24, 2.45) is 28.2 Å². The Kier molecular flexibility index (Phi) is 4.89. The fourth-order valence-electron chi connectivity index (χ4n) is 7.25. The number of rotatable bonds is 4. The molecule has 4 aliphatic rings. The van der Waals surface area contributed by atoms with Crippen LogP contribution in [0.15, 0.2) is 34.1 Å². The first-order valence-corrected chi connectivity index (χ1v) is 12.8. The summed E-state index contributed by atoms with van der Waals surface area (Å²) in [5.74, 6) is 2.16. The highest BCUT2D eigenvalue weighted by molar-refractivity contribution is 7.20. The molecule has 0 amide bonds. The summed E-state index contributed by atoms with van der Waals surface area (Å²) in [7, 11) is 0. The Morgan fingerprint density at radius 1 is 1.18 bits per heavy atom. The molecule has 0 saturated heterocycles. The summed E-state index contributed by atoms with van der Waals surface area (Å²) in [5, 5.41) is 2.49. The van der Waals surface area contributed by atoms with Crippen molar-refractivity contribution in [2.45, 2.75) is 64.6 Å². The summed E-state index contributed by atoms with van der Waals surface area (Å²) in [6.45, 7) is 3.57. The van der Waals surface area contributed by atoms with Crippen molar-refractivity contribution in [1.82, 2.24) is 14.8 Å². The first-order chi connectivity index (χ1) is 16.1. The van der Waals surface area contributed by atoms with Crippen molar-refractivity contribution < 1.29 is 13.2 Å². The third-order valence-electron chi connectivity index (χ3n) is 8.37. The predicted octanol–water partition coefficient (Wildman–Crippen LogP) is 6.21. The highest BCUT2D eigenvalue weighted by Crippen LogP contribution is 2.61. The largest absolute Gasteiger partial charge is 0.433 e. The van der Waals surface area contributed by atoms with Crippen LogP contribution in [0.1, 0.15) is 63.6 Å². The molecule has 0 radical (unpaired) electrons. The van der Waals surface area contributed by atoms with E-state index >= 15 is 0 Å². The average Bonchev–Trinajstić information content (AvgIpc) is 3.33. The van der Waals surface area contributed by atoms with Gasteiger partial charge in [0, 0.05) is 5.71 Å². The van der Waals surface area contributed by atoms with E-state index in [1.165, 1.54) is 30.6 Å². The van der Waals surface area contributed by atoms with Crippen LogP contribution in [0.2, 0.25) is 0 Å². The summed E-state index contributed by atoms with van der Waals surface area (Å²) in [4.78, 5) is 22.5. The van der Waals surface area contributed by atoms with E-state index in [-0.39, 0.29) is 22.3 Å². The number of nitrogens with zero attached hydrogens (tertiary/aromatic N) is 3. The maximum atomic E-state index is 14.0. The minimum atomic E-state index is -4.71. The smallest absolute Gasteiger partial charge is 0.286 e. The summed E-state index contributed by atoms with van der Waals surface area (Å²) in [6.07, 6.45) is 2.47. The van der Waals surface area contributed by atoms with Crippen LogP contribution in [0, 0.1) is 23.2 Å². The second-order valence-corrected chi connectivity index (χ2v) is 11.6. The maximum Gasteiger partial charge on any atom is 0.433 e. The summed E-state index contributed by atoms with van der Waals surface area (Å²) in [6, 6.07) is 7.12. The van der Waals surface area contributed by atoms with Crippen LogP contribution in [0.25, 0.3) is 15.3 Å². The highest BCUT2D eigenvalue weighted by atomic mass is 32.1. The number of halogens is 3. The van der Waals surface area contributed by atoms with Gasteiger partial charge >= 0.3 is 6.18 Å². The Morgan fingerprint density at radius 3 is 2.38 bits per heavy atom. The van der Waals surface area contributed by atoms with Gasteiger partial charge in [0.2, 0.25) is 5.13 Å². The van der Waals surface area contributed by atoms with Crippen molar-refractivity contribution in [3.05, 3.63) is 45.9 Å². The molecule has 4 saturated carbocycles.